The van der Waals surface area contributed by atoms with Crippen LogP contribution in [0.4, 0.5) is 11.5 Å². The summed E-state index contributed by atoms with van der Waals surface area (Å²) in [7, 11) is 1.26. The van der Waals surface area contributed by atoms with Gasteiger partial charge in [-0.1, -0.05) is 30.3 Å². The van der Waals surface area contributed by atoms with E-state index in [2.05, 4.69) is 14.7 Å². The molecule has 0 aliphatic rings. The lowest BCUT2D eigenvalue weighted by atomic mass is 10.2. The number of hydrogen-bond acceptors (Lipinski definition) is 6. The van der Waals surface area contributed by atoms with Crippen LogP contribution in [0.1, 0.15) is 5.56 Å². The van der Waals surface area contributed by atoms with Crippen LogP contribution in [-0.4, -0.2) is 39.6 Å². The standard InChI is InChI=1S/C15H18N4O3S/c1-19(2)14-13(11-16-15(17-14)22-3)18-23(20,21)10-9-12-7-5-4-6-8-12/h4-11,18H,1-3H3/b10-9+. The number of aromatic nitrogens is 2. The zero-order valence-corrected chi connectivity index (χ0v) is 13.9. The first-order chi connectivity index (χ1) is 10.9. The summed E-state index contributed by atoms with van der Waals surface area (Å²) in [6.45, 7) is 0. The van der Waals surface area contributed by atoms with Gasteiger partial charge < -0.3 is 9.64 Å². The first-order valence-electron chi connectivity index (χ1n) is 6.75. The predicted octanol–water partition coefficient (Wildman–Crippen LogP) is 1.96. The van der Waals surface area contributed by atoms with Crippen molar-refractivity contribution in [3.05, 3.63) is 47.5 Å². The molecule has 0 bridgehead atoms. The fourth-order valence-electron chi connectivity index (χ4n) is 1.79. The van der Waals surface area contributed by atoms with Crippen LogP contribution >= 0.6 is 0 Å². The third-order valence-corrected chi connectivity index (χ3v) is 3.84. The minimum absolute atomic E-state index is 0.163. The third kappa shape index (κ3) is 4.68. The largest absolute Gasteiger partial charge is 0.467 e. The molecule has 2 aromatic rings. The lowest BCUT2D eigenvalue weighted by Crippen LogP contribution is -2.17. The molecule has 7 nitrogen and oxygen atoms in total. The molecule has 0 aliphatic heterocycles. The van der Waals surface area contributed by atoms with Crippen LogP contribution in [0.5, 0.6) is 6.01 Å². The van der Waals surface area contributed by atoms with Crippen LogP contribution < -0.4 is 14.4 Å². The minimum Gasteiger partial charge on any atom is -0.467 e. The van der Waals surface area contributed by atoms with Crippen molar-refractivity contribution < 1.29 is 13.2 Å². The predicted molar refractivity (Wildman–Crippen MR) is 90.9 cm³/mol. The van der Waals surface area contributed by atoms with E-state index in [1.54, 1.807) is 19.0 Å². The minimum atomic E-state index is -3.69. The van der Waals surface area contributed by atoms with Gasteiger partial charge in [-0.3, -0.25) is 4.72 Å². The molecule has 23 heavy (non-hydrogen) atoms. The average Bonchev–Trinajstić information content (AvgIpc) is 2.54. The number of sulfonamides is 1. The second kappa shape index (κ2) is 7.10. The summed E-state index contributed by atoms with van der Waals surface area (Å²) in [6, 6.07) is 9.32. The van der Waals surface area contributed by atoms with Crippen LogP contribution in [-0.2, 0) is 10.0 Å². The van der Waals surface area contributed by atoms with Gasteiger partial charge in [0.1, 0.15) is 5.69 Å². The molecule has 0 spiro atoms. The van der Waals surface area contributed by atoms with Crippen LogP contribution in [0.3, 0.4) is 0 Å². The van der Waals surface area contributed by atoms with E-state index in [1.165, 1.54) is 19.4 Å². The van der Waals surface area contributed by atoms with Gasteiger partial charge in [0.25, 0.3) is 10.0 Å². The highest BCUT2D eigenvalue weighted by atomic mass is 32.2. The van der Waals surface area contributed by atoms with E-state index in [0.717, 1.165) is 11.0 Å². The highest BCUT2D eigenvalue weighted by molar-refractivity contribution is 7.95. The fraction of sp³-hybridized carbons (Fsp3) is 0.200. The van der Waals surface area contributed by atoms with Crippen molar-refractivity contribution in [1.82, 2.24) is 9.97 Å². The van der Waals surface area contributed by atoms with E-state index in [0.29, 0.717) is 5.82 Å². The lowest BCUT2D eigenvalue weighted by molar-refractivity contribution is 0.380. The Morgan fingerprint density at radius 3 is 2.52 bits per heavy atom. The van der Waals surface area contributed by atoms with Gasteiger partial charge in [0.15, 0.2) is 5.82 Å². The van der Waals surface area contributed by atoms with E-state index in [4.69, 9.17) is 4.74 Å². The van der Waals surface area contributed by atoms with Gasteiger partial charge in [-0.2, -0.15) is 4.98 Å². The topological polar surface area (TPSA) is 84.4 Å². The van der Waals surface area contributed by atoms with Gasteiger partial charge >= 0.3 is 6.01 Å². The van der Waals surface area contributed by atoms with Crippen molar-refractivity contribution >= 4 is 27.6 Å². The zero-order valence-electron chi connectivity index (χ0n) is 13.1. The number of rotatable bonds is 6. The maximum atomic E-state index is 12.2. The molecule has 1 N–H and O–H groups in total. The van der Waals surface area contributed by atoms with Gasteiger partial charge in [-0.05, 0) is 11.6 Å². The third-order valence-electron chi connectivity index (χ3n) is 2.84. The first-order valence-corrected chi connectivity index (χ1v) is 8.30. The SMILES string of the molecule is COc1ncc(NS(=O)(=O)/C=C/c2ccccc2)c(N(C)C)n1. The number of hydrogen-bond donors (Lipinski definition) is 1. The summed E-state index contributed by atoms with van der Waals surface area (Å²) in [5.74, 6) is 0.411. The summed E-state index contributed by atoms with van der Waals surface area (Å²) in [4.78, 5) is 9.74. The normalized spacial score (nSPS) is 11.4. The summed E-state index contributed by atoms with van der Waals surface area (Å²) < 4.78 is 31.8. The molecule has 2 rings (SSSR count). The Hall–Kier alpha value is -2.61. The van der Waals surface area contributed by atoms with Crippen molar-refractivity contribution in [2.24, 2.45) is 0 Å². The molecule has 0 fully saturated rings. The highest BCUT2D eigenvalue weighted by Crippen LogP contribution is 2.24. The van der Waals surface area contributed by atoms with Crippen LogP contribution in [0, 0.1) is 0 Å². The molecule has 0 atom stereocenters. The number of benzene rings is 1. The number of anilines is 2. The van der Waals surface area contributed by atoms with E-state index in [-0.39, 0.29) is 11.7 Å². The van der Waals surface area contributed by atoms with Crippen molar-refractivity contribution in [1.29, 1.82) is 0 Å². The first kappa shape index (κ1) is 16.8. The quantitative estimate of drug-likeness (QED) is 0.869. The average molecular weight is 334 g/mol. The smallest absolute Gasteiger partial charge is 0.318 e. The molecular formula is C15H18N4O3S. The Bertz CT molecular complexity index is 790. The Kier molecular flexibility index (Phi) is 5.17. The Morgan fingerprint density at radius 1 is 1.22 bits per heavy atom. The maximum absolute atomic E-state index is 12.2. The molecule has 0 saturated carbocycles. The Labute approximate surface area is 135 Å². The zero-order chi connectivity index (χ0) is 16.9. The van der Waals surface area contributed by atoms with Crippen LogP contribution in [0.15, 0.2) is 41.9 Å². The second-order valence-corrected chi connectivity index (χ2v) is 6.42. The van der Waals surface area contributed by atoms with E-state index in [1.807, 2.05) is 30.3 Å². The summed E-state index contributed by atoms with van der Waals surface area (Å²) >= 11 is 0. The van der Waals surface area contributed by atoms with E-state index >= 15 is 0 Å². The van der Waals surface area contributed by atoms with Gasteiger partial charge in [0.05, 0.1) is 18.7 Å². The molecule has 0 amide bonds. The number of nitrogens with zero attached hydrogens (tertiary/aromatic N) is 3. The van der Waals surface area contributed by atoms with Crippen LogP contribution in [0.25, 0.3) is 6.08 Å². The lowest BCUT2D eigenvalue weighted by Gasteiger charge is -2.16. The second-order valence-electron chi connectivity index (χ2n) is 4.85. The van der Waals surface area contributed by atoms with Crippen molar-refractivity contribution in [2.75, 3.05) is 30.8 Å². The summed E-state index contributed by atoms with van der Waals surface area (Å²) in [6.07, 6.45) is 2.89. The molecule has 0 radical (unpaired) electrons. The highest BCUT2D eigenvalue weighted by Gasteiger charge is 2.14. The molecule has 1 aromatic carbocycles. The molecule has 0 saturated heterocycles. The molecule has 8 heteroatoms. The number of methoxy groups -OCH3 is 1. The monoisotopic (exact) mass is 334 g/mol. The molecule has 122 valence electrons. The van der Waals surface area contributed by atoms with Crippen molar-refractivity contribution in [3.63, 3.8) is 0 Å². The molecule has 1 aromatic heterocycles. The Balaban J connectivity index is 2.25. The van der Waals surface area contributed by atoms with Gasteiger partial charge in [-0.15, -0.1) is 0 Å². The van der Waals surface area contributed by atoms with Gasteiger partial charge in [-0.25, -0.2) is 13.4 Å². The molecule has 1 heterocycles. The van der Waals surface area contributed by atoms with Gasteiger partial charge in [0, 0.05) is 14.1 Å². The fourth-order valence-corrected chi connectivity index (χ4v) is 2.64. The molecule has 0 unspecified atom stereocenters. The molecular weight excluding hydrogens is 316 g/mol. The Morgan fingerprint density at radius 2 is 1.91 bits per heavy atom. The van der Waals surface area contributed by atoms with E-state index in [9.17, 15) is 8.42 Å². The van der Waals surface area contributed by atoms with Crippen molar-refractivity contribution in [3.8, 4) is 6.01 Å². The van der Waals surface area contributed by atoms with E-state index < -0.39 is 10.0 Å². The number of ether oxygens (including phenoxy) is 1. The molecule has 0 aliphatic carbocycles. The maximum Gasteiger partial charge on any atom is 0.318 e. The number of nitrogens with one attached hydrogen (secondary N) is 1. The summed E-state index contributed by atoms with van der Waals surface area (Å²) in [5.41, 5.74) is 1.06. The van der Waals surface area contributed by atoms with Crippen molar-refractivity contribution in [2.45, 2.75) is 0 Å². The van der Waals surface area contributed by atoms with Crippen LogP contribution in [0.2, 0.25) is 0 Å². The summed E-state index contributed by atoms with van der Waals surface area (Å²) in [5, 5.41) is 1.10. The van der Waals surface area contributed by atoms with Gasteiger partial charge in [0.2, 0.25) is 0 Å².